The van der Waals surface area contributed by atoms with Gasteiger partial charge in [-0.15, -0.1) is 0 Å². The average Bonchev–Trinajstić information content (AvgIpc) is 2.93. The summed E-state index contributed by atoms with van der Waals surface area (Å²) in [6.07, 6.45) is 5.75. The lowest BCUT2D eigenvalue weighted by molar-refractivity contribution is -0.385. The third kappa shape index (κ3) is 8.27. The van der Waals surface area contributed by atoms with Crippen molar-refractivity contribution in [2.45, 2.75) is 83.7 Å². The van der Waals surface area contributed by atoms with Gasteiger partial charge >= 0.3 is 11.7 Å². The number of nitro groups is 1. The van der Waals surface area contributed by atoms with E-state index < -0.39 is 28.9 Å². The Morgan fingerprint density at radius 1 is 1.07 bits per heavy atom. The Bertz CT molecular complexity index is 1200. The van der Waals surface area contributed by atoms with Crippen molar-refractivity contribution in [2.24, 2.45) is 0 Å². The van der Waals surface area contributed by atoms with Crippen molar-refractivity contribution in [3.63, 3.8) is 0 Å². The molecule has 2 amide bonds. The number of amides is 2. The van der Waals surface area contributed by atoms with E-state index in [0.717, 1.165) is 38.5 Å². The lowest BCUT2D eigenvalue weighted by atomic mass is 10.0. The fourth-order valence-corrected chi connectivity index (χ4v) is 4.86. The van der Waals surface area contributed by atoms with Crippen LogP contribution in [0.4, 0.5) is 5.69 Å². The fourth-order valence-electron chi connectivity index (χ4n) is 4.86. The number of benzene rings is 2. The number of rotatable bonds is 10. The van der Waals surface area contributed by atoms with Gasteiger partial charge in [-0.3, -0.25) is 19.7 Å². The van der Waals surface area contributed by atoms with Crippen molar-refractivity contribution < 1.29 is 28.8 Å². The summed E-state index contributed by atoms with van der Waals surface area (Å²) in [4.78, 5) is 53.2. The molecule has 0 aromatic heterocycles. The van der Waals surface area contributed by atoms with Gasteiger partial charge in [0.15, 0.2) is 0 Å². The van der Waals surface area contributed by atoms with Gasteiger partial charge in [0.05, 0.1) is 18.5 Å². The van der Waals surface area contributed by atoms with Gasteiger partial charge in [0.25, 0.3) is 0 Å². The number of hydrogen-bond donors (Lipinski definition) is 1. The molecule has 40 heavy (non-hydrogen) atoms. The van der Waals surface area contributed by atoms with E-state index in [4.69, 9.17) is 9.47 Å². The molecule has 2 aromatic rings. The summed E-state index contributed by atoms with van der Waals surface area (Å²) in [6, 6.07) is 9.44. The van der Waals surface area contributed by atoms with Crippen LogP contribution in [0.25, 0.3) is 0 Å². The van der Waals surface area contributed by atoms with E-state index in [9.17, 15) is 24.5 Å². The molecular weight excluding hydrogens is 514 g/mol. The third-order valence-corrected chi connectivity index (χ3v) is 7.03. The maximum atomic E-state index is 13.8. The molecule has 0 fully saturated rings. The summed E-state index contributed by atoms with van der Waals surface area (Å²) >= 11 is 0. The van der Waals surface area contributed by atoms with Gasteiger partial charge in [-0.05, 0) is 42.2 Å². The van der Waals surface area contributed by atoms with E-state index >= 15 is 0 Å². The molecule has 4 rings (SSSR count). The van der Waals surface area contributed by atoms with Crippen LogP contribution in [0.15, 0.2) is 42.5 Å². The molecule has 4 bridgehead atoms. The molecule has 2 aliphatic rings. The monoisotopic (exact) mass is 553 g/mol. The standard InChI is InChI=1S/C30H39N3O7/c1-4-6-8-9-13-25-29(35)31-24(30(36)39-3)18-22-14-15-27(26(19-22)33(37)38)40-23-12-10-11-21(17-23)20-28(34)32(25)16-7-5-2/h10-12,14-15,17,19,24-25H,4-9,13,16,18,20H2,1-3H3,(H,31,35)/t24-,25-/m1/s1. The van der Waals surface area contributed by atoms with E-state index in [1.165, 1.54) is 19.2 Å². The maximum absolute atomic E-state index is 13.8. The van der Waals surface area contributed by atoms with Crippen LogP contribution in [-0.2, 0) is 32.0 Å². The molecule has 0 unspecified atom stereocenters. The van der Waals surface area contributed by atoms with Gasteiger partial charge in [-0.25, -0.2) is 4.79 Å². The molecule has 0 radical (unpaired) electrons. The molecule has 2 aliphatic heterocycles. The zero-order valence-corrected chi connectivity index (χ0v) is 23.5. The number of fused-ring (bicyclic) bond motifs is 9. The quantitative estimate of drug-likeness (QED) is 0.187. The van der Waals surface area contributed by atoms with Crippen LogP contribution >= 0.6 is 0 Å². The second-order valence-corrected chi connectivity index (χ2v) is 10.1. The summed E-state index contributed by atoms with van der Waals surface area (Å²) in [7, 11) is 1.22. The van der Waals surface area contributed by atoms with Crippen molar-refractivity contribution in [1.29, 1.82) is 0 Å². The second kappa shape index (κ2) is 15.0. The molecule has 0 aliphatic carbocycles. The van der Waals surface area contributed by atoms with Crippen LogP contribution in [0.3, 0.4) is 0 Å². The minimum atomic E-state index is -1.09. The Morgan fingerprint density at radius 3 is 2.55 bits per heavy atom. The Morgan fingerprint density at radius 2 is 1.85 bits per heavy atom. The smallest absolute Gasteiger partial charge is 0.328 e. The number of hydrogen-bond acceptors (Lipinski definition) is 7. The van der Waals surface area contributed by atoms with Gasteiger partial charge < -0.3 is 19.7 Å². The predicted octanol–water partition coefficient (Wildman–Crippen LogP) is 5.11. The molecule has 1 N–H and O–H groups in total. The van der Waals surface area contributed by atoms with Gasteiger partial charge in [0.2, 0.25) is 17.6 Å². The van der Waals surface area contributed by atoms with E-state index in [1.54, 1.807) is 35.2 Å². The van der Waals surface area contributed by atoms with Crippen LogP contribution in [0, 0.1) is 10.1 Å². The third-order valence-electron chi connectivity index (χ3n) is 7.03. The number of ether oxygens (including phenoxy) is 2. The number of nitro benzene ring substituents is 1. The normalized spacial score (nSPS) is 17.7. The van der Waals surface area contributed by atoms with Crippen molar-refractivity contribution >= 4 is 23.5 Å². The first-order valence-electron chi connectivity index (χ1n) is 14.0. The summed E-state index contributed by atoms with van der Waals surface area (Å²) in [5, 5.41) is 14.7. The molecule has 2 heterocycles. The highest BCUT2D eigenvalue weighted by Gasteiger charge is 2.33. The minimum absolute atomic E-state index is 0.0273. The van der Waals surface area contributed by atoms with Gasteiger partial charge in [-0.2, -0.15) is 0 Å². The lowest BCUT2D eigenvalue weighted by Gasteiger charge is -2.32. The highest BCUT2D eigenvalue weighted by molar-refractivity contribution is 5.91. The van der Waals surface area contributed by atoms with Crippen molar-refractivity contribution in [2.75, 3.05) is 13.7 Å². The molecule has 0 saturated heterocycles. The molecular formula is C30H39N3O7. The summed E-state index contributed by atoms with van der Waals surface area (Å²) in [6.45, 7) is 4.54. The Labute approximate surface area is 235 Å². The SMILES string of the molecule is CCCCCC[C@@H]1C(=O)N[C@@H](C(=O)OC)Cc2ccc(c([N+](=O)[O-])c2)Oc2cccc(c2)CC(=O)N1CCCC. The molecule has 2 aromatic carbocycles. The first-order valence-corrected chi connectivity index (χ1v) is 14.0. The summed E-state index contributed by atoms with van der Waals surface area (Å²) in [5.41, 5.74) is 0.836. The first kappa shape index (κ1) is 30.6. The van der Waals surface area contributed by atoms with Crippen LogP contribution in [0.1, 0.15) is 69.9 Å². The lowest BCUT2D eigenvalue weighted by Crippen LogP contribution is -2.54. The zero-order valence-electron chi connectivity index (χ0n) is 23.5. The Balaban J connectivity index is 2.09. The summed E-state index contributed by atoms with van der Waals surface area (Å²) in [5.74, 6) is -0.943. The Hall–Kier alpha value is -3.95. The second-order valence-electron chi connectivity index (χ2n) is 10.1. The first-order chi connectivity index (χ1) is 19.3. The van der Waals surface area contributed by atoms with Crippen LogP contribution in [0.5, 0.6) is 11.5 Å². The van der Waals surface area contributed by atoms with Crippen molar-refractivity contribution in [3.05, 3.63) is 63.7 Å². The van der Waals surface area contributed by atoms with Gasteiger partial charge in [-0.1, -0.05) is 64.2 Å². The van der Waals surface area contributed by atoms with E-state index in [1.807, 2.05) is 6.92 Å². The molecule has 10 heteroatoms. The maximum Gasteiger partial charge on any atom is 0.328 e. The summed E-state index contributed by atoms with van der Waals surface area (Å²) < 4.78 is 10.8. The fraction of sp³-hybridized carbons (Fsp3) is 0.500. The van der Waals surface area contributed by atoms with Crippen molar-refractivity contribution in [1.82, 2.24) is 10.2 Å². The topological polar surface area (TPSA) is 128 Å². The molecule has 2 atom stereocenters. The Kier molecular flexibility index (Phi) is 11.5. The van der Waals surface area contributed by atoms with Crippen LogP contribution < -0.4 is 10.1 Å². The van der Waals surface area contributed by atoms with E-state index in [2.05, 4.69) is 12.2 Å². The highest BCUT2D eigenvalue weighted by atomic mass is 16.6. The minimum Gasteiger partial charge on any atom is -0.467 e. The number of carbonyl (C=O) groups is 3. The number of unbranched alkanes of at least 4 members (excludes halogenated alkanes) is 4. The highest BCUT2D eigenvalue weighted by Crippen LogP contribution is 2.33. The molecule has 216 valence electrons. The predicted molar refractivity (Wildman–Crippen MR) is 150 cm³/mol. The number of methoxy groups -OCH3 is 1. The largest absolute Gasteiger partial charge is 0.467 e. The molecule has 0 spiro atoms. The zero-order chi connectivity index (χ0) is 29.1. The number of esters is 1. The van der Waals surface area contributed by atoms with Gasteiger partial charge in [0.1, 0.15) is 17.8 Å². The van der Waals surface area contributed by atoms with Crippen molar-refractivity contribution in [3.8, 4) is 11.5 Å². The number of nitrogens with one attached hydrogen (secondary N) is 1. The average molecular weight is 554 g/mol. The molecule has 10 nitrogen and oxygen atoms in total. The van der Waals surface area contributed by atoms with Gasteiger partial charge in [0, 0.05) is 19.0 Å². The van der Waals surface area contributed by atoms with Crippen LogP contribution in [-0.4, -0.2) is 53.3 Å². The number of carbonyl (C=O) groups excluding carboxylic acids is 3. The molecule has 0 saturated carbocycles. The van der Waals surface area contributed by atoms with Crippen LogP contribution in [0.2, 0.25) is 0 Å². The van der Waals surface area contributed by atoms with E-state index in [0.29, 0.717) is 29.8 Å². The van der Waals surface area contributed by atoms with E-state index in [-0.39, 0.29) is 30.2 Å². The number of nitrogens with zero attached hydrogens (tertiary/aromatic N) is 2.